The van der Waals surface area contributed by atoms with Crippen LogP contribution in [0.15, 0.2) is 43.2 Å². The second-order valence-electron chi connectivity index (χ2n) is 4.66. The number of rotatable bonds is 7. The van der Waals surface area contributed by atoms with Crippen LogP contribution in [0.2, 0.25) is 0 Å². The molecular formula is C15H21N3. The average Bonchev–Trinajstić information content (AvgIpc) is 2.82. The zero-order chi connectivity index (χ0) is 12.8. The van der Waals surface area contributed by atoms with Crippen molar-refractivity contribution in [3.05, 3.63) is 48.8 Å². The van der Waals surface area contributed by atoms with Crippen molar-refractivity contribution in [1.29, 1.82) is 0 Å². The molecule has 2 rings (SSSR count). The van der Waals surface area contributed by atoms with E-state index in [0.717, 1.165) is 23.9 Å². The average molecular weight is 243 g/mol. The molecule has 2 heterocycles. The molecule has 2 N–H and O–H groups in total. The van der Waals surface area contributed by atoms with E-state index >= 15 is 0 Å². The third-order valence-electron chi connectivity index (χ3n) is 3.28. The fourth-order valence-electron chi connectivity index (χ4n) is 2.23. The van der Waals surface area contributed by atoms with Gasteiger partial charge in [0.05, 0.1) is 11.7 Å². The van der Waals surface area contributed by atoms with Crippen molar-refractivity contribution in [2.24, 2.45) is 5.73 Å². The minimum Gasteiger partial charge on any atom is -0.324 e. The number of hydrogen-bond donors (Lipinski definition) is 1. The zero-order valence-electron chi connectivity index (χ0n) is 10.8. The van der Waals surface area contributed by atoms with Crippen LogP contribution in [-0.4, -0.2) is 9.61 Å². The summed E-state index contributed by atoms with van der Waals surface area (Å²) in [5.41, 5.74) is 8.52. The van der Waals surface area contributed by atoms with E-state index < -0.39 is 0 Å². The highest BCUT2D eigenvalue weighted by Gasteiger charge is 2.11. The first-order chi connectivity index (χ1) is 8.83. The number of nitrogens with zero attached hydrogens (tertiary/aromatic N) is 2. The first-order valence-electron chi connectivity index (χ1n) is 6.61. The zero-order valence-corrected chi connectivity index (χ0v) is 10.8. The van der Waals surface area contributed by atoms with Crippen molar-refractivity contribution in [1.82, 2.24) is 9.61 Å². The topological polar surface area (TPSA) is 43.3 Å². The smallest absolute Gasteiger partial charge is 0.0709 e. The molecule has 3 nitrogen and oxygen atoms in total. The molecule has 0 aliphatic rings. The molecule has 2 aromatic rings. The van der Waals surface area contributed by atoms with Gasteiger partial charge in [0.15, 0.2) is 0 Å². The Hall–Kier alpha value is -1.61. The molecule has 2 aromatic heterocycles. The van der Waals surface area contributed by atoms with Crippen LogP contribution in [0.25, 0.3) is 5.52 Å². The van der Waals surface area contributed by atoms with Gasteiger partial charge in [-0.3, -0.25) is 0 Å². The highest BCUT2D eigenvalue weighted by molar-refractivity contribution is 5.54. The van der Waals surface area contributed by atoms with Crippen LogP contribution < -0.4 is 5.73 Å². The predicted molar refractivity (Wildman–Crippen MR) is 75.4 cm³/mol. The number of pyridine rings is 1. The third kappa shape index (κ3) is 2.99. The van der Waals surface area contributed by atoms with Crippen LogP contribution in [0.1, 0.15) is 43.7 Å². The van der Waals surface area contributed by atoms with Gasteiger partial charge < -0.3 is 5.73 Å². The number of nitrogens with two attached hydrogens (primary N) is 1. The van der Waals surface area contributed by atoms with E-state index in [4.69, 9.17) is 5.73 Å². The molecule has 1 atom stereocenters. The molecule has 96 valence electrons. The Morgan fingerprint density at radius 2 is 2.22 bits per heavy atom. The van der Waals surface area contributed by atoms with Crippen LogP contribution >= 0.6 is 0 Å². The summed E-state index contributed by atoms with van der Waals surface area (Å²) < 4.78 is 1.88. The number of fused-ring (bicyclic) bond motifs is 1. The van der Waals surface area contributed by atoms with Gasteiger partial charge in [0.1, 0.15) is 0 Å². The van der Waals surface area contributed by atoms with Crippen molar-refractivity contribution in [3.8, 4) is 0 Å². The van der Waals surface area contributed by atoms with Gasteiger partial charge >= 0.3 is 0 Å². The summed E-state index contributed by atoms with van der Waals surface area (Å²) in [5.74, 6) is 0. The van der Waals surface area contributed by atoms with E-state index in [2.05, 4.69) is 17.7 Å². The molecule has 0 radical (unpaired) electrons. The highest BCUT2D eigenvalue weighted by atomic mass is 15.2. The Balaban J connectivity index is 1.92. The summed E-state index contributed by atoms with van der Waals surface area (Å²) in [6.07, 6.45) is 11.5. The van der Waals surface area contributed by atoms with Crippen LogP contribution in [0.4, 0.5) is 0 Å². The normalized spacial score (nSPS) is 12.7. The van der Waals surface area contributed by atoms with E-state index in [1.54, 1.807) is 0 Å². The monoisotopic (exact) mass is 243 g/mol. The molecule has 0 amide bonds. The van der Waals surface area contributed by atoms with E-state index in [0.29, 0.717) is 0 Å². The predicted octanol–water partition coefficient (Wildman–Crippen LogP) is 3.47. The minimum atomic E-state index is 0.0913. The van der Waals surface area contributed by atoms with E-state index in [9.17, 15) is 0 Å². The molecule has 3 heteroatoms. The maximum atomic E-state index is 6.25. The number of aromatic nitrogens is 2. The van der Waals surface area contributed by atoms with Gasteiger partial charge in [-0.1, -0.05) is 25.0 Å². The second kappa shape index (κ2) is 6.36. The Morgan fingerprint density at radius 1 is 1.33 bits per heavy atom. The lowest BCUT2D eigenvalue weighted by Crippen LogP contribution is -2.09. The third-order valence-corrected chi connectivity index (χ3v) is 3.28. The molecule has 0 saturated carbocycles. The first kappa shape index (κ1) is 12.8. The van der Waals surface area contributed by atoms with Gasteiger partial charge in [-0.2, -0.15) is 5.10 Å². The fourth-order valence-corrected chi connectivity index (χ4v) is 2.23. The van der Waals surface area contributed by atoms with Crippen molar-refractivity contribution < 1.29 is 0 Å². The number of unbranched alkanes of at least 4 members (excludes halogenated alkanes) is 3. The SMILES string of the molecule is C=CCCCCCC(N)c1cnn2ccccc12. The maximum absolute atomic E-state index is 6.25. The molecule has 18 heavy (non-hydrogen) atoms. The quantitative estimate of drug-likeness (QED) is 0.597. The lowest BCUT2D eigenvalue weighted by molar-refractivity contribution is 0.574. The number of hydrogen-bond acceptors (Lipinski definition) is 2. The Morgan fingerprint density at radius 3 is 3.06 bits per heavy atom. The molecule has 0 aliphatic carbocycles. The molecule has 0 fully saturated rings. The first-order valence-corrected chi connectivity index (χ1v) is 6.61. The van der Waals surface area contributed by atoms with Gasteiger partial charge in [-0.05, 0) is 31.4 Å². The molecule has 0 saturated heterocycles. The number of allylic oxidation sites excluding steroid dienone is 1. The van der Waals surface area contributed by atoms with E-state index in [1.165, 1.54) is 19.3 Å². The van der Waals surface area contributed by atoms with Gasteiger partial charge in [0.2, 0.25) is 0 Å². The minimum absolute atomic E-state index is 0.0913. The largest absolute Gasteiger partial charge is 0.324 e. The summed E-state index contributed by atoms with van der Waals surface area (Å²) >= 11 is 0. The molecular weight excluding hydrogens is 222 g/mol. The summed E-state index contributed by atoms with van der Waals surface area (Å²) in [6, 6.07) is 6.16. The van der Waals surface area contributed by atoms with Crippen molar-refractivity contribution >= 4 is 5.52 Å². The maximum Gasteiger partial charge on any atom is 0.0709 e. The summed E-state index contributed by atoms with van der Waals surface area (Å²) in [4.78, 5) is 0. The summed E-state index contributed by atoms with van der Waals surface area (Å²) in [7, 11) is 0. The van der Waals surface area contributed by atoms with Gasteiger partial charge in [-0.15, -0.1) is 6.58 Å². The lowest BCUT2D eigenvalue weighted by atomic mass is 10.0. The molecule has 0 bridgehead atoms. The van der Waals surface area contributed by atoms with Crippen LogP contribution in [0, 0.1) is 0 Å². The van der Waals surface area contributed by atoms with Crippen molar-refractivity contribution in [2.45, 2.75) is 38.1 Å². The highest BCUT2D eigenvalue weighted by Crippen LogP contribution is 2.21. The van der Waals surface area contributed by atoms with Crippen LogP contribution in [0.3, 0.4) is 0 Å². The summed E-state index contributed by atoms with van der Waals surface area (Å²) in [6.45, 7) is 3.73. The Kier molecular flexibility index (Phi) is 4.53. The van der Waals surface area contributed by atoms with Gasteiger partial charge in [-0.25, -0.2) is 4.52 Å². The van der Waals surface area contributed by atoms with E-state index in [1.807, 2.05) is 35.1 Å². The van der Waals surface area contributed by atoms with E-state index in [-0.39, 0.29) is 6.04 Å². The van der Waals surface area contributed by atoms with Gasteiger partial charge in [0, 0.05) is 17.8 Å². The molecule has 0 aromatic carbocycles. The fraction of sp³-hybridized carbons (Fsp3) is 0.400. The van der Waals surface area contributed by atoms with Crippen LogP contribution in [0.5, 0.6) is 0 Å². The van der Waals surface area contributed by atoms with Gasteiger partial charge in [0.25, 0.3) is 0 Å². The molecule has 0 aliphatic heterocycles. The Labute approximate surface area is 108 Å². The Bertz CT molecular complexity index is 501. The summed E-state index contributed by atoms with van der Waals surface area (Å²) in [5, 5.41) is 4.32. The second-order valence-corrected chi connectivity index (χ2v) is 4.66. The lowest BCUT2D eigenvalue weighted by Gasteiger charge is -2.09. The molecule has 0 spiro atoms. The van der Waals surface area contributed by atoms with Crippen LogP contribution in [-0.2, 0) is 0 Å². The van der Waals surface area contributed by atoms with Crippen molar-refractivity contribution in [3.63, 3.8) is 0 Å². The standard InChI is InChI=1S/C15H21N3/c1-2-3-4-5-6-9-14(16)13-12-17-18-11-8-7-10-15(13)18/h2,7-8,10-12,14H,1,3-6,9,16H2. The van der Waals surface area contributed by atoms with Crippen molar-refractivity contribution in [2.75, 3.05) is 0 Å². The molecule has 1 unspecified atom stereocenters.